The van der Waals surface area contributed by atoms with E-state index in [2.05, 4.69) is 37.0 Å². The number of hydrogen-bond donors (Lipinski definition) is 0. The van der Waals surface area contributed by atoms with Gasteiger partial charge in [-0.1, -0.05) is 31.3 Å². The van der Waals surface area contributed by atoms with Crippen molar-refractivity contribution in [1.29, 1.82) is 0 Å². The van der Waals surface area contributed by atoms with Gasteiger partial charge in [0.15, 0.2) is 11.4 Å². The van der Waals surface area contributed by atoms with E-state index in [4.69, 9.17) is 0 Å². The van der Waals surface area contributed by atoms with Crippen LogP contribution in [0.2, 0.25) is 0 Å². The lowest BCUT2D eigenvalue weighted by atomic mass is 10.0. The van der Waals surface area contributed by atoms with Crippen molar-refractivity contribution in [3.05, 3.63) is 47.8 Å². The van der Waals surface area contributed by atoms with Gasteiger partial charge in [0.1, 0.15) is 0 Å². The fraction of sp³-hybridized carbons (Fsp3) is 0.200. The minimum absolute atomic E-state index is 0.507. The maximum atomic E-state index is 11.0. The van der Waals surface area contributed by atoms with Gasteiger partial charge in [0.05, 0.1) is 15.9 Å². The molecular weight excluding hydrogens is 256 g/mol. The van der Waals surface area contributed by atoms with Gasteiger partial charge in [0.25, 0.3) is 0 Å². The molecule has 0 spiro atoms. The first-order valence-corrected chi connectivity index (χ1v) is 7.04. The standard InChI is InChI=1S/C15H14N2OS/c1-10(2)11-5-6-13-14(8-11)19-15(16-13)17-7-3-4-12(17)9-18/h3-10H,1-2H3. The number of carbonyl (C=O) groups is 1. The highest BCUT2D eigenvalue weighted by Crippen LogP contribution is 2.28. The van der Waals surface area contributed by atoms with Crippen molar-refractivity contribution in [2.75, 3.05) is 0 Å². The molecule has 3 rings (SSSR count). The number of nitrogens with zero attached hydrogens (tertiary/aromatic N) is 2. The zero-order chi connectivity index (χ0) is 13.4. The second-order valence-corrected chi connectivity index (χ2v) is 5.81. The second kappa shape index (κ2) is 4.63. The molecule has 2 heterocycles. The first-order valence-electron chi connectivity index (χ1n) is 6.22. The topological polar surface area (TPSA) is 34.9 Å². The van der Waals surface area contributed by atoms with Gasteiger partial charge in [-0.2, -0.15) is 0 Å². The molecule has 3 nitrogen and oxygen atoms in total. The van der Waals surface area contributed by atoms with E-state index in [1.54, 1.807) is 17.4 Å². The Morgan fingerprint density at radius 2 is 2.16 bits per heavy atom. The van der Waals surface area contributed by atoms with Gasteiger partial charge in [-0.3, -0.25) is 9.36 Å². The first-order chi connectivity index (χ1) is 9.19. The van der Waals surface area contributed by atoms with Crippen LogP contribution >= 0.6 is 11.3 Å². The van der Waals surface area contributed by atoms with Crippen molar-refractivity contribution >= 4 is 27.8 Å². The van der Waals surface area contributed by atoms with E-state index in [1.165, 1.54) is 5.56 Å². The Labute approximate surface area is 115 Å². The fourth-order valence-electron chi connectivity index (χ4n) is 2.06. The molecule has 0 aliphatic carbocycles. The number of benzene rings is 1. The van der Waals surface area contributed by atoms with Crippen molar-refractivity contribution in [1.82, 2.24) is 9.55 Å². The average Bonchev–Trinajstić information content (AvgIpc) is 3.03. The van der Waals surface area contributed by atoms with Crippen LogP contribution in [0.4, 0.5) is 0 Å². The SMILES string of the molecule is CC(C)c1ccc2nc(-n3cccc3C=O)sc2c1. The fourth-order valence-corrected chi connectivity index (χ4v) is 3.07. The first kappa shape index (κ1) is 12.1. The molecule has 96 valence electrons. The maximum absolute atomic E-state index is 11.0. The zero-order valence-electron chi connectivity index (χ0n) is 10.8. The number of carbonyl (C=O) groups excluding carboxylic acids is 1. The van der Waals surface area contributed by atoms with E-state index in [0.29, 0.717) is 11.6 Å². The number of aldehydes is 1. The zero-order valence-corrected chi connectivity index (χ0v) is 11.6. The Morgan fingerprint density at radius 3 is 2.89 bits per heavy atom. The van der Waals surface area contributed by atoms with E-state index in [-0.39, 0.29) is 0 Å². The number of fused-ring (bicyclic) bond motifs is 1. The average molecular weight is 270 g/mol. The molecule has 3 aromatic rings. The van der Waals surface area contributed by atoms with Gasteiger partial charge in [-0.15, -0.1) is 0 Å². The monoisotopic (exact) mass is 270 g/mol. The highest BCUT2D eigenvalue weighted by molar-refractivity contribution is 7.20. The molecule has 0 N–H and O–H groups in total. The molecule has 0 atom stereocenters. The largest absolute Gasteiger partial charge is 0.296 e. The molecule has 0 bridgehead atoms. The summed E-state index contributed by atoms with van der Waals surface area (Å²) in [4.78, 5) is 15.6. The van der Waals surface area contributed by atoms with Crippen LogP contribution < -0.4 is 0 Å². The smallest absolute Gasteiger partial charge is 0.195 e. The van der Waals surface area contributed by atoms with Crippen LogP contribution in [0, 0.1) is 0 Å². The normalized spacial score (nSPS) is 11.3. The van der Waals surface area contributed by atoms with Crippen molar-refractivity contribution in [2.24, 2.45) is 0 Å². The molecule has 0 radical (unpaired) electrons. The minimum atomic E-state index is 0.507. The van der Waals surface area contributed by atoms with Gasteiger partial charge < -0.3 is 0 Å². The third kappa shape index (κ3) is 2.08. The van der Waals surface area contributed by atoms with E-state index in [1.807, 2.05) is 16.8 Å². The van der Waals surface area contributed by atoms with Crippen LogP contribution in [-0.4, -0.2) is 15.8 Å². The van der Waals surface area contributed by atoms with E-state index in [9.17, 15) is 4.79 Å². The van der Waals surface area contributed by atoms with Crippen molar-refractivity contribution in [2.45, 2.75) is 19.8 Å². The molecule has 0 fully saturated rings. The summed E-state index contributed by atoms with van der Waals surface area (Å²) in [5, 5.41) is 0.836. The molecule has 19 heavy (non-hydrogen) atoms. The van der Waals surface area contributed by atoms with Crippen LogP contribution in [0.3, 0.4) is 0 Å². The van der Waals surface area contributed by atoms with E-state index < -0.39 is 0 Å². The van der Waals surface area contributed by atoms with Crippen LogP contribution in [0.15, 0.2) is 36.5 Å². The summed E-state index contributed by atoms with van der Waals surface area (Å²) in [6.45, 7) is 4.36. The number of thiazole rings is 1. The highest BCUT2D eigenvalue weighted by Gasteiger charge is 2.09. The molecular formula is C15H14N2OS. The number of aromatic nitrogens is 2. The lowest BCUT2D eigenvalue weighted by Gasteiger charge is -2.03. The molecule has 0 aliphatic rings. The molecule has 0 amide bonds. The minimum Gasteiger partial charge on any atom is -0.296 e. The van der Waals surface area contributed by atoms with Crippen molar-refractivity contribution in [3.8, 4) is 5.13 Å². The van der Waals surface area contributed by atoms with Gasteiger partial charge >= 0.3 is 0 Å². The molecule has 1 aromatic carbocycles. The predicted octanol–water partition coefficient (Wildman–Crippen LogP) is 4.02. The quantitative estimate of drug-likeness (QED) is 0.674. The summed E-state index contributed by atoms with van der Waals surface area (Å²) in [5.41, 5.74) is 2.92. The third-order valence-corrected chi connectivity index (χ3v) is 4.19. The Balaban J connectivity index is 2.14. The Kier molecular flexibility index (Phi) is 2.95. The van der Waals surface area contributed by atoms with E-state index in [0.717, 1.165) is 21.6 Å². The Bertz CT molecular complexity index is 740. The molecule has 4 heteroatoms. The van der Waals surface area contributed by atoms with E-state index >= 15 is 0 Å². The molecule has 2 aromatic heterocycles. The van der Waals surface area contributed by atoms with Crippen LogP contribution in [-0.2, 0) is 0 Å². The van der Waals surface area contributed by atoms with Gasteiger partial charge in [0, 0.05) is 6.20 Å². The lowest BCUT2D eigenvalue weighted by molar-refractivity contribution is 0.111. The lowest BCUT2D eigenvalue weighted by Crippen LogP contribution is -1.95. The summed E-state index contributed by atoms with van der Waals surface area (Å²) < 4.78 is 2.99. The molecule has 0 saturated carbocycles. The van der Waals surface area contributed by atoms with Gasteiger partial charge in [-0.05, 0) is 35.7 Å². The van der Waals surface area contributed by atoms with Crippen LogP contribution in [0.1, 0.15) is 35.8 Å². The summed E-state index contributed by atoms with van der Waals surface area (Å²) in [7, 11) is 0. The summed E-state index contributed by atoms with van der Waals surface area (Å²) in [5.74, 6) is 0.507. The number of hydrogen-bond acceptors (Lipinski definition) is 3. The highest BCUT2D eigenvalue weighted by atomic mass is 32.1. The summed E-state index contributed by atoms with van der Waals surface area (Å²) >= 11 is 1.61. The van der Waals surface area contributed by atoms with Crippen LogP contribution in [0.5, 0.6) is 0 Å². The second-order valence-electron chi connectivity index (χ2n) is 4.80. The summed E-state index contributed by atoms with van der Waals surface area (Å²) in [6, 6.07) is 10.0. The third-order valence-electron chi connectivity index (χ3n) is 3.17. The Morgan fingerprint density at radius 1 is 1.32 bits per heavy atom. The molecule has 0 unspecified atom stereocenters. The Hall–Kier alpha value is -1.94. The molecule has 0 aliphatic heterocycles. The van der Waals surface area contributed by atoms with Gasteiger partial charge in [0.2, 0.25) is 0 Å². The van der Waals surface area contributed by atoms with Gasteiger partial charge in [-0.25, -0.2) is 4.98 Å². The van der Waals surface area contributed by atoms with Crippen molar-refractivity contribution in [3.63, 3.8) is 0 Å². The molecule has 0 saturated heterocycles. The maximum Gasteiger partial charge on any atom is 0.195 e. The summed E-state index contributed by atoms with van der Waals surface area (Å²) in [6.07, 6.45) is 2.72. The van der Waals surface area contributed by atoms with Crippen LogP contribution in [0.25, 0.3) is 15.3 Å². The number of rotatable bonds is 3. The predicted molar refractivity (Wildman–Crippen MR) is 78.4 cm³/mol. The van der Waals surface area contributed by atoms with Crippen molar-refractivity contribution < 1.29 is 4.79 Å².